The molecule has 0 radical (unpaired) electrons. The normalized spacial score (nSPS) is 13.0. The maximum Gasteiger partial charge on any atom is 0.416 e. The van der Waals surface area contributed by atoms with Crippen molar-refractivity contribution < 1.29 is 23.0 Å². The van der Waals surface area contributed by atoms with Crippen molar-refractivity contribution in [2.24, 2.45) is 7.05 Å². The summed E-state index contributed by atoms with van der Waals surface area (Å²) in [6.07, 6.45) is -0.0272. The summed E-state index contributed by atoms with van der Waals surface area (Å²) < 4.78 is 47.1. The molecule has 1 atom stereocenters. The first-order chi connectivity index (χ1) is 14.2. The second-order valence-corrected chi connectivity index (χ2v) is 6.73. The Hall–Kier alpha value is -3.47. The highest BCUT2D eigenvalue weighted by molar-refractivity contribution is 5.76. The van der Waals surface area contributed by atoms with Gasteiger partial charge in [0.25, 0.3) is 0 Å². The van der Waals surface area contributed by atoms with Crippen LogP contribution in [-0.4, -0.2) is 47.2 Å². The fourth-order valence-electron chi connectivity index (χ4n) is 2.84. The Labute approximate surface area is 168 Å². The van der Waals surface area contributed by atoms with Crippen LogP contribution in [0.25, 0.3) is 28.2 Å². The molecule has 3 heterocycles. The van der Waals surface area contributed by atoms with E-state index in [1.807, 2.05) is 0 Å². The van der Waals surface area contributed by atoms with Gasteiger partial charge in [0.1, 0.15) is 11.8 Å². The number of fused-ring (bicyclic) bond motifs is 1. The van der Waals surface area contributed by atoms with Gasteiger partial charge in [-0.3, -0.25) is 4.68 Å². The minimum absolute atomic E-state index is 0.0491. The minimum Gasteiger partial charge on any atom is -0.457 e. The molecule has 0 aliphatic heterocycles. The van der Waals surface area contributed by atoms with Crippen molar-refractivity contribution in [2.45, 2.75) is 19.2 Å². The summed E-state index contributed by atoms with van der Waals surface area (Å²) >= 11 is 0. The standard InChI is InChI=1S/C19H17F3N6O2/c1-11(10-29)30-18-25-17-16(13-7-23-27(2)8-13)24-15(9-28(17)26-18)12-3-5-14(6-4-12)19(20,21)22/h3-9,11,29H,10H2,1-2H3. The molecule has 3 aromatic heterocycles. The first kappa shape index (κ1) is 19.8. The fourth-order valence-corrected chi connectivity index (χ4v) is 2.84. The number of nitrogens with zero attached hydrogens (tertiary/aromatic N) is 6. The lowest BCUT2D eigenvalue weighted by molar-refractivity contribution is -0.137. The van der Waals surface area contributed by atoms with Gasteiger partial charge in [0.05, 0.1) is 30.3 Å². The molecule has 1 N–H and O–H groups in total. The van der Waals surface area contributed by atoms with Gasteiger partial charge in [-0.2, -0.15) is 23.3 Å². The molecule has 1 aromatic carbocycles. The van der Waals surface area contributed by atoms with Gasteiger partial charge in [0.2, 0.25) is 0 Å². The number of rotatable bonds is 5. The van der Waals surface area contributed by atoms with Crippen LogP contribution < -0.4 is 4.74 Å². The number of aryl methyl sites for hydroxylation is 1. The largest absolute Gasteiger partial charge is 0.457 e. The van der Waals surface area contributed by atoms with Gasteiger partial charge in [-0.25, -0.2) is 9.50 Å². The summed E-state index contributed by atoms with van der Waals surface area (Å²) in [4.78, 5) is 8.93. The number of ether oxygens (including phenoxy) is 1. The number of aliphatic hydroxyl groups is 1. The van der Waals surface area contributed by atoms with E-state index in [0.717, 1.165) is 12.1 Å². The topological polar surface area (TPSA) is 90.4 Å². The Morgan fingerprint density at radius 3 is 2.43 bits per heavy atom. The number of alkyl halides is 3. The van der Waals surface area contributed by atoms with Gasteiger partial charge >= 0.3 is 12.2 Å². The van der Waals surface area contributed by atoms with Crippen LogP contribution in [-0.2, 0) is 13.2 Å². The zero-order valence-electron chi connectivity index (χ0n) is 16.0. The van der Waals surface area contributed by atoms with Crippen LogP contribution in [0.15, 0.2) is 42.9 Å². The van der Waals surface area contributed by atoms with Gasteiger partial charge < -0.3 is 9.84 Å². The lowest BCUT2D eigenvalue weighted by Crippen LogP contribution is -2.16. The Morgan fingerprint density at radius 2 is 1.83 bits per heavy atom. The van der Waals surface area contributed by atoms with Crippen molar-refractivity contribution in [3.8, 4) is 28.5 Å². The fraction of sp³-hybridized carbons (Fsp3) is 0.263. The van der Waals surface area contributed by atoms with Gasteiger partial charge in [0.15, 0.2) is 5.65 Å². The van der Waals surface area contributed by atoms with E-state index in [2.05, 4.69) is 20.2 Å². The van der Waals surface area contributed by atoms with Crippen LogP contribution >= 0.6 is 0 Å². The highest BCUT2D eigenvalue weighted by Crippen LogP contribution is 2.32. The lowest BCUT2D eigenvalue weighted by Gasteiger charge is -2.08. The van der Waals surface area contributed by atoms with Crippen molar-refractivity contribution in [1.29, 1.82) is 0 Å². The van der Waals surface area contributed by atoms with E-state index in [1.165, 1.54) is 16.6 Å². The van der Waals surface area contributed by atoms with Crippen molar-refractivity contribution >= 4 is 5.65 Å². The summed E-state index contributed by atoms with van der Waals surface area (Å²) in [6.45, 7) is 1.46. The summed E-state index contributed by atoms with van der Waals surface area (Å²) in [6, 6.07) is 4.76. The molecule has 1 unspecified atom stereocenters. The van der Waals surface area contributed by atoms with Crippen LogP contribution in [0.3, 0.4) is 0 Å². The second kappa shape index (κ2) is 7.41. The van der Waals surface area contributed by atoms with Crippen molar-refractivity contribution in [3.63, 3.8) is 0 Å². The third-order valence-corrected chi connectivity index (χ3v) is 4.35. The van der Waals surface area contributed by atoms with E-state index in [-0.39, 0.29) is 12.6 Å². The lowest BCUT2D eigenvalue weighted by atomic mass is 10.1. The van der Waals surface area contributed by atoms with E-state index in [9.17, 15) is 18.3 Å². The summed E-state index contributed by atoms with van der Waals surface area (Å²) in [5.74, 6) is 0. The van der Waals surface area contributed by atoms with Crippen LogP contribution in [0, 0.1) is 0 Å². The van der Waals surface area contributed by atoms with E-state index in [1.54, 1.807) is 37.2 Å². The molecule has 8 nitrogen and oxygen atoms in total. The van der Waals surface area contributed by atoms with Crippen molar-refractivity contribution in [3.05, 3.63) is 48.4 Å². The molecule has 0 saturated heterocycles. The van der Waals surface area contributed by atoms with Crippen LogP contribution in [0.5, 0.6) is 6.01 Å². The molecule has 0 aliphatic rings. The molecule has 0 bridgehead atoms. The molecule has 4 aromatic rings. The van der Waals surface area contributed by atoms with Gasteiger partial charge in [-0.1, -0.05) is 12.1 Å². The Kier molecular flexibility index (Phi) is 4.90. The molecular weight excluding hydrogens is 401 g/mol. The minimum atomic E-state index is -4.42. The quantitative estimate of drug-likeness (QED) is 0.536. The third-order valence-electron chi connectivity index (χ3n) is 4.35. The van der Waals surface area contributed by atoms with Gasteiger partial charge in [-0.05, 0) is 19.1 Å². The van der Waals surface area contributed by atoms with E-state index >= 15 is 0 Å². The van der Waals surface area contributed by atoms with E-state index in [4.69, 9.17) is 4.74 Å². The molecule has 30 heavy (non-hydrogen) atoms. The maximum atomic E-state index is 12.9. The molecule has 0 spiro atoms. The zero-order chi connectivity index (χ0) is 21.5. The number of halogens is 3. The Balaban J connectivity index is 1.84. The zero-order valence-corrected chi connectivity index (χ0v) is 16.0. The molecule has 0 fully saturated rings. The third kappa shape index (κ3) is 3.83. The molecule has 0 amide bonds. The number of aliphatic hydroxyl groups excluding tert-OH is 1. The number of hydrogen-bond donors (Lipinski definition) is 1. The summed E-state index contributed by atoms with van der Waals surface area (Å²) in [7, 11) is 1.75. The maximum absolute atomic E-state index is 12.9. The van der Waals surface area contributed by atoms with Crippen LogP contribution in [0.2, 0.25) is 0 Å². The number of aromatic nitrogens is 6. The predicted octanol–water partition coefficient (Wildman–Crippen LogP) is 2.97. The second-order valence-electron chi connectivity index (χ2n) is 6.73. The molecule has 0 aliphatic carbocycles. The SMILES string of the molecule is CC(CO)Oc1nc2c(-c3cnn(C)c3)nc(-c3ccc(C(F)(F)F)cc3)cn2n1. The van der Waals surface area contributed by atoms with E-state index < -0.39 is 17.8 Å². The highest BCUT2D eigenvalue weighted by Gasteiger charge is 2.30. The average Bonchev–Trinajstić information content (AvgIpc) is 3.32. The molecule has 0 saturated carbocycles. The first-order valence-corrected chi connectivity index (χ1v) is 8.96. The Bertz CT molecular complexity index is 1180. The van der Waals surface area contributed by atoms with Gasteiger partial charge in [0, 0.05) is 24.4 Å². The Morgan fingerprint density at radius 1 is 1.10 bits per heavy atom. The number of benzene rings is 1. The molecule has 11 heteroatoms. The van der Waals surface area contributed by atoms with Crippen molar-refractivity contribution in [1.82, 2.24) is 29.4 Å². The smallest absolute Gasteiger partial charge is 0.416 e. The van der Waals surface area contributed by atoms with Crippen LogP contribution in [0.4, 0.5) is 13.2 Å². The van der Waals surface area contributed by atoms with Crippen LogP contribution in [0.1, 0.15) is 12.5 Å². The molecular formula is C19H17F3N6O2. The number of hydrogen-bond acceptors (Lipinski definition) is 6. The van der Waals surface area contributed by atoms with Gasteiger partial charge in [-0.15, -0.1) is 5.10 Å². The summed E-state index contributed by atoms with van der Waals surface area (Å²) in [5.41, 5.74) is 1.64. The highest BCUT2D eigenvalue weighted by atomic mass is 19.4. The molecule has 156 valence electrons. The summed E-state index contributed by atoms with van der Waals surface area (Å²) in [5, 5.41) is 17.6. The molecule has 4 rings (SSSR count). The predicted molar refractivity (Wildman–Crippen MR) is 101 cm³/mol. The first-order valence-electron chi connectivity index (χ1n) is 8.96. The van der Waals surface area contributed by atoms with E-state index in [0.29, 0.717) is 28.2 Å². The monoisotopic (exact) mass is 418 g/mol. The van der Waals surface area contributed by atoms with Crippen molar-refractivity contribution in [2.75, 3.05) is 6.61 Å². The average molecular weight is 418 g/mol.